The Hall–Kier alpha value is -3.88. The average Bonchev–Trinajstić information content (AvgIpc) is 3.39. The van der Waals surface area contributed by atoms with Gasteiger partial charge in [-0.2, -0.15) is 18.3 Å². The zero-order chi connectivity index (χ0) is 24.5. The molecule has 3 aromatic heterocycles. The van der Waals surface area contributed by atoms with Gasteiger partial charge in [-0.15, -0.1) is 0 Å². The van der Waals surface area contributed by atoms with Gasteiger partial charge in [0.05, 0.1) is 18.4 Å². The number of anilines is 1. The quantitative estimate of drug-likeness (QED) is 0.385. The largest absolute Gasteiger partial charge is 0.404 e. The van der Waals surface area contributed by atoms with Crippen molar-refractivity contribution in [1.82, 2.24) is 24.9 Å². The summed E-state index contributed by atoms with van der Waals surface area (Å²) in [6.45, 7) is -0.0544. The van der Waals surface area contributed by atoms with E-state index in [2.05, 4.69) is 20.2 Å². The fraction of sp³-hybridized carbons (Fsp3) is 0.158. The van der Waals surface area contributed by atoms with Gasteiger partial charge in [-0.05, 0) is 12.1 Å². The molecule has 0 saturated carbocycles. The van der Waals surface area contributed by atoms with Gasteiger partial charge < -0.3 is 4.52 Å². The van der Waals surface area contributed by atoms with Gasteiger partial charge in [0.15, 0.2) is 23.2 Å². The summed E-state index contributed by atoms with van der Waals surface area (Å²) in [7, 11) is -4.99. The summed E-state index contributed by atoms with van der Waals surface area (Å²) in [6.07, 6.45) is -3.17. The molecule has 178 valence electrons. The molecular formula is C19H13F5N6O3S. The first kappa shape index (κ1) is 23.3. The molecule has 0 radical (unpaired) electrons. The summed E-state index contributed by atoms with van der Waals surface area (Å²) < 4.78 is 96.8. The van der Waals surface area contributed by atoms with Gasteiger partial charge >= 0.3 is 6.18 Å². The molecule has 0 saturated heterocycles. The Morgan fingerprint density at radius 2 is 1.82 bits per heavy atom. The summed E-state index contributed by atoms with van der Waals surface area (Å²) in [6, 6.07) is 8.84. The van der Waals surface area contributed by atoms with Gasteiger partial charge in [-0.3, -0.25) is 9.40 Å². The number of rotatable bonds is 7. The van der Waals surface area contributed by atoms with Gasteiger partial charge in [0.2, 0.25) is 10.0 Å². The van der Waals surface area contributed by atoms with Gasteiger partial charge in [-0.1, -0.05) is 23.4 Å². The maximum absolute atomic E-state index is 14.2. The molecule has 9 nitrogen and oxygen atoms in total. The number of nitrogens with one attached hydrogen (secondary N) is 1. The maximum Gasteiger partial charge on any atom is 0.404 e. The SMILES string of the molecule is O=S(=O)(CC(F)(F)F)Nc1nc(-c2cc(-c3ccon3)n(Cc3ccccc3F)n2)ncc1F. The van der Waals surface area contributed by atoms with E-state index in [0.717, 1.165) is 0 Å². The predicted molar refractivity (Wildman–Crippen MR) is 108 cm³/mol. The molecule has 15 heteroatoms. The first-order valence-electron chi connectivity index (χ1n) is 9.33. The molecule has 3 heterocycles. The zero-order valence-corrected chi connectivity index (χ0v) is 17.6. The van der Waals surface area contributed by atoms with Gasteiger partial charge in [0, 0.05) is 11.6 Å². The van der Waals surface area contributed by atoms with Crippen LogP contribution in [0.4, 0.5) is 27.8 Å². The molecule has 1 N–H and O–H groups in total. The molecule has 0 fully saturated rings. The highest BCUT2D eigenvalue weighted by Crippen LogP contribution is 2.26. The lowest BCUT2D eigenvalue weighted by Gasteiger charge is -2.10. The summed E-state index contributed by atoms with van der Waals surface area (Å²) in [4.78, 5) is 7.42. The molecule has 34 heavy (non-hydrogen) atoms. The number of halogens is 5. The van der Waals surface area contributed by atoms with E-state index in [1.54, 1.807) is 6.07 Å². The Kier molecular flexibility index (Phi) is 6.03. The fourth-order valence-electron chi connectivity index (χ4n) is 2.95. The third kappa shape index (κ3) is 5.36. The van der Waals surface area contributed by atoms with Crippen LogP contribution in [0, 0.1) is 11.6 Å². The van der Waals surface area contributed by atoms with E-state index in [4.69, 9.17) is 4.52 Å². The lowest BCUT2D eigenvalue weighted by Crippen LogP contribution is -2.28. The van der Waals surface area contributed by atoms with Crippen LogP contribution in [0.3, 0.4) is 0 Å². The summed E-state index contributed by atoms with van der Waals surface area (Å²) in [5, 5.41) is 8.07. The third-order valence-corrected chi connectivity index (χ3v) is 5.55. The maximum atomic E-state index is 14.2. The van der Waals surface area contributed by atoms with Crippen molar-refractivity contribution in [2.24, 2.45) is 0 Å². The van der Waals surface area contributed by atoms with Crippen LogP contribution in [0.15, 0.2) is 53.4 Å². The van der Waals surface area contributed by atoms with E-state index < -0.39 is 39.4 Å². The minimum Gasteiger partial charge on any atom is -0.364 e. The third-order valence-electron chi connectivity index (χ3n) is 4.34. The van der Waals surface area contributed by atoms with Crippen molar-refractivity contribution in [3.63, 3.8) is 0 Å². The number of aromatic nitrogens is 5. The highest BCUT2D eigenvalue weighted by Gasteiger charge is 2.36. The fourth-order valence-corrected chi connectivity index (χ4v) is 3.89. The van der Waals surface area contributed by atoms with Crippen molar-refractivity contribution >= 4 is 15.8 Å². The lowest BCUT2D eigenvalue weighted by atomic mass is 10.2. The Bertz CT molecular complexity index is 1420. The molecule has 0 amide bonds. The molecular weight excluding hydrogens is 487 g/mol. The lowest BCUT2D eigenvalue weighted by molar-refractivity contribution is -0.106. The minimum atomic E-state index is -5.05. The van der Waals surface area contributed by atoms with Gasteiger partial charge in [0.1, 0.15) is 23.5 Å². The van der Waals surface area contributed by atoms with Crippen LogP contribution in [0.25, 0.3) is 22.9 Å². The standard InChI is InChI=1S/C19H13F5N6O3S/c20-12-4-2-1-3-11(12)9-30-16(14-5-6-33-28-14)7-15(27-30)18-25-8-13(21)17(26-18)29-34(31,32)10-19(22,23)24/h1-8H,9-10H2,(H,25,26,29). The number of benzene rings is 1. The van der Waals surface area contributed by atoms with E-state index in [1.807, 2.05) is 0 Å². The van der Waals surface area contributed by atoms with Crippen LogP contribution in [-0.2, 0) is 16.6 Å². The molecule has 0 bridgehead atoms. The minimum absolute atomic E-state index is 0.00870. The van der Waals surface area contributed by atoms with Crippen LogP contribution in [-0.4, -0.2) is 45.3 Å². The van der Waals surface area contributed by atoms with Crippen LogP contribution in [0.2, 0.25) is 0 Å². The molecule has 0 atom stereocenters. The Labute approximate surface area is 188 Å². The second kappa shape index (κ2) is 8.81. The zero-order valence-electron chi connectivity index (χ0n) is 16.8. The molecule has 0 aliphatic heterocycles. The second-order valence-corrected chi connectivity index (χ2v) is 8.64. The van der Waals surface area contributed by atoms with Crippen molar-refractivity contribution in [2.45, 2.75) is 12.7 Å². The van der Waals surface area contributed by atoms with E-state index in [-0.39, 0.29) is 23.6 Å². The van der Waals surface area contributed by atoms with E-state index >= 15 is 0 Å². The van der Waals surface area contributed by atoms with E-state index in [1.165, 1.54) is 46.0 Å². The highest BCUT2D eigenvalue weighted by molar-refractivity contribution is 7.92. The number of nitrogens with zero attached hydrogens (tertiary/aromatic N) is 5. The first-order chi connectivity index (χ1) is 16.0. The molecule has 0 aliphatic rings. The van der Waals surface area contributed by atoms with Crippen LogP contribution < -0.4 is 4.72 Å². The smallest absolute Gasteiger partial charge is 0.364 e. The van der Waals surface area contributed by atoms with Crippen molar-refractivity contribution in [2.75, 3.05) is 10.5 Å². The molecule has 4 rings (SSSR count). The Morgan fingerprint density at radius 3 is 2.50 bits per heavy atom. The highest BCUT2D eigenvalue weighted by atomic mass is 32.2. The molecule has 4 aromatic rings. The van der Waals surface area contributed by atoms with Gasteiger partial charge in [-0.25, -0.2) is 27.2 Å². The monoisotopic (exact) mass is 500 g/mol. The Morgan fingerprint density at radius 1 is 1.06 bits per heavy atom. The second-order valence-electron chi connectivity index (χ2n) is 6.92. The van der Waals surface area contributed by atoms with E-state index in [9.17, 15) is 30.4 Å². The number of sulfonamides is 1. The summed E-state index contributed by atoms with van der Waals surface area (Å²) >= 11 is 0. The van der Waals surface area contributed by atoms with Crippen molar-refractivity contribution < 1.29 is 34.9 Å². The first-order valence-corrected chi connectivity index (χ1v) is 11.0. The Balaban J connectivity index is 1.72. The molecule has 0 aliphatic carbocycles. The number of hydrogen-bond acceptors (Lipinski definition) is 7. The molecule has 1 aromatic carbocycles. The van der Waals surface area contributed by atoms with Crippen LogP contribution in [0.5, 0.6) is 0 Å². The number of hydrogen-bond donors (Lipinski definition) is 1. The molecule has 0 spiro atoms. The number of alkyl halides is 3. The topological polar surface area (TPSA) is 116 Å². The van der Waals surface area contributed by atoms with Crippen molar-refractivity contribution in [1.29, 1.82) is 0 Å². The summed E-state index contributed by atoms with van der Waals surface area (Å²) in [5.41, 5.74) is 0.913. The average molecular weight is 500 g/mol. The van der Waals surface area contributed by atoms with Crippen LogP contribution in [0.1, 0.15) is 5.56 Å². The normalized spacial score (nSPS) is 12.1. The summed E-state index contributed by atoms with van der Waals surface area (Å²) in [5.74, 6) is -5.31. The van der Waals surface area contributed by atoms with E-state index in [0.29, 0.717) is 17.6 Å². The molecule has 0 unspecified atom stereocenters. The predicted octanol–water partition coefficient (Wildman–Crippen LogP) is 3.63. The van der Waals surface area contributed by atoms with Gasteiger partial charge in [0.25, 0.3) is 0 Å². The van der Waals surface area contributed by atoms with Crippen LogP contribution >= 0.6 is 0 Å². The van der Waals surface area contributed by atoms with Crippen molar-refractivity contribution in [3.05, 3.63) is 66.1 Å². The van der Waals surface area contributed by atoms with Crippen molar-refractivity contribution in [3.8, 4) is 22.9 Å².